The third-order valence-corrected chi connectivity index (χ3v) is 5.87. The van der Waals surface area contributed by atoms with E-state index in [1.807, 2.05) is 0 Å². The molecule has 0 atom stereocenters. The molecule has 0 saturated carbocycles. The molecule has 2 N–H and O–H groups in total. The minimum atomic E-state index is -3.72. The first kappa shape index (κ1) is 22.7. The van der Waals surface area contributed by atoms with Gasteiger partial charge in [-0.25, -0.2) is 13.1 Å². The zero-order valence-electron chi connectivity index (χ0n) is 14.7. The highest BCUT2D eigenvalue weighted by Gasteiger charge is 2.16. The largest absolute Gasteiger partial charge is 0.482 e. The van der Waals surface area contributed by atoms with Crippen LogP contribution in [0.2, 0.25) is 15.1 Å². The monoisotopic (exact) mass is 466 g/mol. The van der Waals surface area contributed by atoms with E-state index in [1.54, 1.807) is 12.1 Å². The molecule has 0 radical (unpaired) electrons. The van der Waals surface area contributed by atoms with Crippen LogP contribution >= 0.6 is 34.8 Å². The van der Waals surface area contributed by atoms with Gasteiger partial charge >= 0.3 is 0 Å². The molecule has 2 rings (SSSR count). The van der Waals surface area contributed by atoms with Gasteiger partial charge in [-0.2, -0.15) is 0 Å². The molecule has 0 fully saturated rings. The number of hydrogen-bond acceptors (Lipinski definition) is 5. The van der Waals surface area contributed by atoms with Crippen LogP contribution in [0.15, 0.2) is 41.3 Å². The lowest BCUT2D eigenvalue weighted by Crippen LogP contribution is -2.27. The van der Waals surface area contributed by atoms with Gasteiger partial charge in [-0.3, -0.25) is 4.79 Å². The van der Waals surface area contributed by atoms with E-state index in [9.17, 15) is 13.2 Å². The van der Waals surface area contributed by atoms with Gasteiger partial charge in [0.05, 0.1) is 26.6 Å². The summed E-state index contributed by atoms with van der Waals surface area (Å²) in [7, 11) is -2.26. The summed E-state index contributed by atoms with van der Waals surface area (Å²) >= 11 is 17.8. The topological polar surface area (TPSA) is 93.7 Å². The SMILES string of the molecule is COCCNS(=O)(=O)c1ccc(OCC(=O)Nc2ccc(Cl)c(Cl)c2)c(Cl)c1. The first-order valence-electron chi connectivity index (χ1n) is 7.89. The molecule has 1 amide bonds. The number of benzene rings is 2. The first-order valence-corrected chi connectivity index (χ1v) is 10.5. The Morgan fingerprint density at radius 3 is 2.43 bits per heavy atom. The second kappa shape index (κ2) is 10.3. The normalized spacial score (nSPS) is 11.3. The molecule has 7 nitrogen and oxygen atoms in total. The van der Waals surface area contributed by atoms with Crippen molar-refractivity contribution in [2.45, 2.75) is 4.90 Å². The van der Waals surface area contributed by atoms with Gasteiger partial charge in [-0.1, -0.05) is 34.8 Å². The summed E-state index contributed by atoms with van der Waals surface area (Å²) in [6.45, 7) is 0.0316. The number of rotatable bonds is 9. The number of ether oxygens (including phenoxy) is 2. The van der Waals surface area contributed by atoms with Gasteiger partial charge in [0.15, 0.2) is 6.61 Å². The van der Waals surface area contributed by atoms with Crippen molar-refractivity contribution in [1.29, 1.82) is 0 Å². The van der Waals surface area contributed by atoms with Gasteiger partial charge in [0.1, 0.15) is 5.75 Å². The van der Waals surface area contributed by atoms with Crippen molar-refractivity contribution in [3.05, 3.63) is 51.5 Å². The maximum atomic E-state index is 12.1. The van der Waals surface area contributed by atoms with Crippen LogP contribution in [0.5, 0.6) is 5.75 Å². The lowest BCUT2D eigenvalue weighted by molar-refractivity contribution is -0.118. The Kier molecular flexibility index (Phi) is 8.36. The number of sulfonamides is 1. The van der Waals surface area contributed by atoms with Crippen molar-refractivity contribution >= 4 is 56.4 Å². The van der Waals surface area contributed by atoms with E-state index >= 15 is 0 Å². The Labute approximate surface area is 177 Å². The molecule has 0 aromatic heterocycles. The molecular weight excluding hydrogens is 451 g/mol. The van der Waals surface area contributed by atoms with Crippen LogP contribution < -0.4 is 14.8 Å². The zero-order chi connectivity index (χ0) is 20.7. The van der Waals surface area contributed by atoms with Crippen LogP contribution in [0.1, 0.15) is 0 Å². The number of anilines is 1. The van der Waals surface area contributed by atoms with Crippen LogP contribution in [0.25, 0.3) is 0 Å². The fraction of sp³-hybridized carbons (Fsp3) is 0.235. The third-order valence-electron chi connectivity index (χ3n) is 3.37. The average molecular weight is 468 g/mol. The molecular formula is C17H17Cl3N2O5S. The molecule has 0 heterocycles. The number of carbonyl (C=O) groups is 1. The highest BCUT2D eigenvalue weighted by atomic mass is 35.5. The summed E-state index contributed by atoms with van der Waals surface area (Å²) in [5.74, 6) is -0.283. The Morgan fingerprint density at radius 2 is 1.79 bits per heavy atom. The van der Waals surface area contributed by atoms with E-state index in [0.717, 1.165) is 0 Å². The second-order valence-corrected chi connectivity index (χ2v) is 8.44. The number of amides is 1. The van der Waals surface area contributed by atoms with Gasteiger partial charge in [0.2, 0.25) is 10.0 Å². The molecule has 0 aliphatic rings. The lowest BCUT2D eigenvalue weighted by Gasteiger charge is -2.11. The summed E-state index contributed by atoms with van der Waals surface area (Å²) < 4.78 is 36.8. The predicted molar refractivity (Wildman–Crippen MR) is 109 cm³/mol. The van der Waals surface area contributed by atoms with E-state index < -0.39 is 15.9 Å². The van der Waals surface area contributed by atoms with Gasteiger partial charge in [-0.15, -0.1) is 0 Å². The Morgan fingerprint density at radius 1 is 1.04 bits per heavy atom. The summed E-state index contributed by atoms with van der Waals surface area (Å²) in [6, 6.07) is 8.59. The number of halogens is 3. The summed E-state index contributed by atoms with van der Waals surface area (Å²) in [5, 5.41) is 3.32. The van der Waals surface area contributed by atoms with Crippen LogP contribution in [0.4, 0.5) is 5.69 Å². The van der Waals surface area contributed by atoms with Gasteiger partial charge in [0.25, 0.3) is 5.91 Å². The van der Waals surface area contributed by atoms with Gasteiger partial charge < -0.3 is 14.8 Å². The number of carbonyl (C=O) groups excluding carboxylic acids is 1. The van der Waals surface area contributed by atoms with E-state index in [1.165, 1.54) is 31.4 Å². The Balaban J connectivity index is 1.97. The molecule has 0 aliphatic heterocycles. The minimum absolute atomic E-state index is 0.0267. The summed E-state index contributed by atoms with van der Waals surface area (Å²) in [4.78, 5) is 12.0. The maximum absolute atomic E-state index is 12.1. The molecule has 2 aromatic carbocycles. The molecule has 0 aliphatic carbocycles. The number of nitrogens with one attached hydrogen (secondary N) is 2. The van der Waals surface area contributed by atoms with E-state index in [-0.39, 0.29) is 35.4 Å². The Bertz CT molecular complexity index is 954. The van der Waals surface area contributed by atoms with E-state index in [2.05, 4.69) is 10.0 Å². The molecule has 152 valence electrons. The molecule has 11 heteroatoms. The molecule has 0 unspecified atom stereocenters. The van der Waals surface area contributed by atoms with E-state index in [4.69, 9.17) is 44.3 Å². The highest BCUT2D eigenvalue weighted by Crippen LogP contribution is 2.28. The quantitative estimate of drug-likeness (QED) is 0.550. The van der Waals surface area contributed by atoms with Crippen molar-refractivity contribution in [2.75, 3.05) is 32.2 Å². The molecule has 28 heavy (non-hydrogen) atoms. The van der Waals surface area contributed by atoms with Crippen LogP contribution in [0.3, 0.4) is 0 Å². The molecule has 2 aromatic rings. The van der Waals surface area contributed by atoms with Crippen LogP contribution in [0, 0.1) is 0 Å². The molecule has 0 bridgehead atoms. The third kappa shape index (κ3) is 6.51. The van der Waals surface area contributed by atoms with Crippen molar-refractivity contribution < 1.29 is 22.7 Å². The van der Waals surface area contributed by atoms with Gasteiger partial charge in [0, 0.05) is 19.3 Å². The van der Waals surface area contributed by atoms with Crippen molar-refractivity contribution in [2.24, 2.45) is 0 Å². The first-order chi connectivity index (χ1) is 13.2. The van der Waals surface area contributed by atoms with Crippen molar-refractivity contribution in [1.82, 2.24) is 4.72 Å². The second-order valence-electron chi connectivity index (χ2n) is 5.45. The lowest BCUT2D eigenvalue weighted by atomic mass is 10.3. The smallest absolute Gasteiger partial charge is 0.262 e. The van der Waals surface area contributed by atoms with Crippen LogP contribution in [-0.4, -0.2) is 41.2 Å². The predicted octanol–water partition coefficient (Wildman–Crippen LogP) is 3.59. The minimum Gasteiger partial charge on any atom is -0.482 e. The molecule has 0 spiro atoms. The summed E-state index contributed by atoms with van der Waals surface area (Å²) in [5.41, 5.74) is 0.456. The average Bonchev–Trinajstić information content (AvgIpc) is 2.64. The fourth-order valence-electron chi connectivity index (χ4n) is 2.04. The molecule has 0 saturated heterocycles. The van der Waals surface area contributed by atoms with Crippen LogP contribution in [-0.2, 0) is 19.6 Å². The van der Waals surface area contributed by atoms with E-state index in [0.29, 0.717) is 15.7 Å². The van der Waals surface area contributed by atoms with Crippen molar-refractivity contribution in [3.8, 4) is 5.75 Å². The maximum Gasteiger partial charge on any atom is 0.262 e. The number of methoxy groups -OCH3 is 1. The van der Waals surface area contributed by atoms with Gasteiger partial charge in [-0.05, 0) is 36.4 Å². The van der Waals surface area contributed by atoms with Crippen molar-refractivity contribution in [3.63, 3.8) is 0 Å². The highest BCUT2D eigenvalue weighted by molar-refractivity contribution is 7.89. The standard InChI is InChI=1S/C17H17Cl3N2O5S/c1-26-7-6-21-28(24,25)12-3-5-16(15(20)9-12)27-10-17(23)22-11-2-4-13(18)14(19)8-11/h2-5,8-9,21H,6-7,10H2,1H3,(H,22,23). The Hall–Kier alpha value is -1.55. The summed E-state index contributed by atoms with van der Waals surface area (Å²) in [6.07, 6.45) is 0. The number of hydrogen-bond donors (Lipinski definition) is 2. The fourth-order valence-corrected chi connectivity index (χ4v) is 3.68. The zero-order valence-corrected chi connectivity index (χ0v) is 17.8.